The van der Waals surface area contributed by atoms with Crippen molar-refractivity contribution in [3.63, 3.8) is 0 Å². The van der Waals surface area contributed by atoms with Gasteiger partial charge in [-0.1, -0.05) is 19.3 Å². The smallest absolute Gasteiger partial charge is 0.321 e. The average molecular weight is 321 g/mol. The number of likely N-dealkylation sites (N-methyl/N-ethyl adjacent to an activating group) is 1. The van der Waals surface area contributed by atoms with Gasteiger partial charge in [-0.3, -0.25) is 15.0 Å². The van der Waals surface area contributed by atoms with Crippen LogP contribution in [0.15, 0.2) is 16.5 Å². The lowest BCUT2D eigenvalue weighted by Crippen LogP contribution is -2.50. The molecule has 2 N–H and O–H groups in total. The zero-order chi connectivity index (χ0) is 16.8. The molecule has 1 atom stereocenters. The Morgan fingerprint density at radius 1 is 1.30 bits per heavy atom. The lowest BCUT2D eigenvalue weighted by molar-refractivity contribution is -0.124. The molecule has 1 aromatic heterocycles. The van der Waals surface area contributed by atoms with Gasteiger partial charge in [-0.2, -0.15) is 0 Å². The Morgan fingerprint density at radius 2 is 2.00 bits per heavy atom. The first-order chi connectivity index (χ1) is 11.0. The number of hydrogen-bond donors (Lipinski definition) is 2. The number of rotatable bonds is 5. The minimum absolute atomic E-state index is 0.190. The Bertz CT molecular complexity index is 535. The van der Waals surface area contributed by atoms with Crippen LogP contribution in [0, 0.1) is 6.92 Å². The highest BCUT2D eigenvalue weighted by atomic mass is 16.3. The van der Waals surface area contributed by atoms with E-state index in [4.69, 9.17) is 4.42 Å². The van der Waals surface area contributed by atoms with Crippen LogP contribution >= 0.6 is 0 Å². The molecule has 1 aliphatic carbocycles. The molecule has 2 rings (SSSR count). The lowest BCUT2D eigenvalue weighted by Gasteiger charge is -2.25. The number of carbonyl (C=O) groups excluding carboxylic acids is 2. The van der Waals surface area contributed by atoms with Gasteiger partial charge in [0.2, 0.25) is 5.91 Å². The molecule has 128 valence electrons. The van der Waals surface area contributed by atoms with Crippen molar-refractivity contribution in [1.29, 1.82) is 0 Å². The van der Waals surface area contributed by atoms with E-state index < -0.39 is 12.1 Å². The van der Waals surface area contributed by atoms with Crippen LogP contribution in [0.2, 0.25) is 0 Å². The van der Waals surface area contributed by atoms with E-state index in [0.29, 0.717) is 6.54 Å². The molecule has 1 unspecified atom stereocenters. The fraction of sp³-hybridized carbons (Fsp3) is 0.647. The summed E-state index contributed by atoms with van der Waals surface area (Å²) in [5.74, 6) is 1.35. The minimum atomic E-state index is -0.419. The molecule has 6 nitrogen and oxygen atoms in total. The number of nitrogens with zero attached hydrogens (tertiary/aromatic N) is 1. The van der Waals surface area contributed by atoms with E-state index in [-0.39, 0.29) is 11.9 Å². The van der Waals surface area contributed by atoms with Crippen LogP contribution in [-0.4, -0.2) is 36.0 Å². The molecule has 0 spiro atoms. The molecular formula is C17H27N3O3. The second-order valence-corrected chi connectivity index (χ2v) is 6.40. The number of nitrogens with one attached hydrogen (secondary N) is 2. The highest BCUT2D eigenvalue weighted by Crippen LogP contribution is 2.17. The number of amides is 3. The fourth-order valence-electron chi connectivity index (χ4n) is 2.84. The summed E-state index contributed by atoms with van der Waals surface area (Å²) in [6.07, 6.45) is 5.50. The lowest BCUT2D eigenvalue weighted by atomic mass is 9.96. The third-order valence-electron chi connectivity index (χ3n) is 4.42. The molecule has 1 aliphatic rings. The fourth-order valence-corrected chi connectivity index (χ4v) is 2.84. The summed E-state index contributed by atoms with van der Waals surface area (Å²) < 4.78 is 5.51. The Balaban J connectivity index is 1.77. The van der Waals surface area contributed by atoms with E-state index in [0.717, 1.165) is 37.2 Å². The first-order valence-corrected chi connectivity index (χ1v) is 8.32. The molecule has 1 saturated carbocycles. The van der Waals surface area contributed by atoms with Crippen molar-refractivity contribution in [3.8, 4) is 0 Å². The first-order valence-electron chi connectivity index (χ1n) is 8.32. The Morgan fingerprint density at radius 3 is 2.61 bits per heavy atom. The highest BCUT2D eigenvalue weighted by molar-refractivity contribution is 5.96. The Kier molecular flexibility index (Phi) is 6.21. The summed E-state index contributed by atoms with van der Waals surface area (Å²) in [6, 6.07) is 3.17. The first kappa shape index (κ1) is 17.5. The van der Waals surface area contributed by atoms with E-state index >= 15 is 0 Å². The van der Waals surface area contributed by atoms with Crippen molar-refractivity contribution in [2.45, 2.75) is 64.6 Å². The van der Waals surface area contributed by atoms with E-state index in [9.17, 15) is 9.59 Å². The molecular weight excluding hydrogens is 294 g/mol. The van der Waals surface area contributed by atoms with Crippen molar-refractivity contribution in [2.24, 2.45) is 0 Å². The molecule has 1 aromatic rings. The van der Waals surface area contributed by atoms with Crippen molar-refractivity contribution in [1.82, 2.24) is 15.5 Å². The average Bonchev–Trinajstić information content (AvgIpc) is 2.92. The quantitative estimate of drug-likeness (QED) is 0.874. The van der Waals surface area contributed by atoms with Gasteiger partial charge < -0.3 is 9.73 Å². The van der Waals surface area contributed by atoms with E-state index in [1.165, 1.54) is 6.42 Å². The zero-order valence-corrected chi connectivity index (χ0v) is 14.2. The second kappa shape index (κ2) is 8.15. The predicted molar refractivity (Wildman–Crippen MR) is 87.9 cm³/mol. The number of carbonyl (C=O) groups is 2. The number of hydrogen-bond acceptors (Lipinski definition) is 4. The Hall–Kier alpha value is -1.82. The van der Waals surface area contributed by atoms with Gasteiger partial charge in [0.05, 0.1) is 12.6 Å². The maximum Gasteiger partial charge on any atom is 0.321 e. The maximum atomic E-state index is 12.2. The van der Waals surface area contributed by atoms with Crippen molar-refractivity contribution < 1.29 is 14.0 Å². The van der Waals surface area contributed by atoms with Gasteiger partial charge in [-0.05, 0) is 45.9 Å². The molecule has 0 aromatic carbocycles. The van der Waals surface area contributed by atoms with Crippen LogP contribution in [-0.2, 0) is 11.3 Å². The third-order valence-corrected chi connectivity index (χ3v) is 4.42. The largest absolute Gasteiger partial charge is 0.465 e. The van der Waals surface area contributed by atoms with Crippen molar-refractivity contribution in [2.75, 3.05) is 7.05 Å². The molecule has 1 heterocycles. The van der Waals surface area contributed by atoms with Crippen LogP contribution in [0.5, 0.6) is 0 Å². The molecule has 6 heteroatoms. The van der Waals surface area contributed by atoms with Gasteiger partial charge >= 0.3 is 6.03 Å². The van der Waals surface area contributed by atoms with Crippen molar-refractivity contribution >= 4 is 11.9 Å². The molecule has 0 aliphatic heterocycles. The SMILES string of the molecule is Cc1ccc(CN(C)C(C)C(=O)NC(=O)NC2CCCCC2)o1. The van der Waals surface area contributed by atoms with Gasteiger partial charge in [0.15, 0.2) is 0 Å². The van der Waals surface area contributed by atoms with Crippen LogP contribution in [0.1, 0.15) is 50.5 Å². The molecule has 0 saturated heterocycles. The van der Waals surface area contributed by atoms with Crippen molar-refractivity contribution in [3.05, 3.63) is 23.7 Å². The summed E-state index contributed by atoms with van der Waals surface area (Å²) in [6.45, 7) is 4.18. The van der Waals surface area contributed by atoms with Gasteiger partial charge in [0.25, 0.3) is 0 Å². The molecule has 0 radical (unpaired) electrons. The maximum absolute atomic E-state index is 12.2. The summed E-state index contributed by atoms with van der Waals surface area (Å²) in [4.78, 5) is 26.0. The predicted octanol–water partition coefficient (Wildman–Crippen LogP) is 2.57. The number of urea groups is 1. The summed E-state index contributed by atoms with van der Waals surface area (Å²) in [5.41, 5.74) is 0. The monoisotopic (exact) mass is 321 g/mol. The summed E-state index contributed by atoms with van der Waals surface area (Å²) >= 11 is 0. The van der Waals surface area contributed by atoms with Crippen LogP contribution in [0.3, 0.4) is 0 Å². The number of aryl methyl sites for hydroxylation is 1. The molecule has 1 fully saturated rings. The second-order valence-electron chi connectivity index (χ2n) is 6.40. The van der Waals surface area contributed by atoms with Crippen LogP contribution < -0.4 is 10.6 Å². The van der Waals surface area contributed by atoms with E-state index in [1.54, 1.807) is 6.92 Å². The highest BCUT2D eigenvalue weighted by Gasteiger charge is 2.22. The minimum Gasteiger partial charge on any atom is -0.465 e. The normalized spacial score (nSPS) is 17.0. The van der Waals surface area contributed by atoms with Crippen LogP contribution in [0.25, 0.3) is 0 Å². The topological polar surface area (TPSA) is 74.6 Å². The van der Waals surface area contributed by atoms with Gasteiger partial charge in [0, 0.05) is 6.04 Å². The summed E-state index contributed by atoms with van der Waals surface area (Å²) in [5, 5.41) is 5.33. The zero-order valence-electron chi connectivity index (χ0n) is 14.2. The molecule has 3 amide bonds. The van der Waals surface area contributed by atoms with Gasteiger partial charge in [-0.15, -0.1) is 0 Å². The molecule has 0 bridgehead atoms. The number of furan rings is 1. The van der Waals surface area contributed by atoms with Gasteiger partial charge in [0.1, 0.15) is 11.5 Å². The van der Waals surface area contributed by atoms with E-state index in [2.05, 4.69) is 10.6 Å². The van der Waals surface area contributed by atoms with Crippen LogP contribution in [0.4, 0.5) is 4.79 Å². The third kappa shape index (κ3) is 5.39. The van der Waals surface area contributed by atoms with E-state index in [1.807, 2.05) is 31.0 Å². The number of imide groups is 1. The molecule has 23 heavy (non-hydrogen) atoms. The summed E-state index contributed by atoms with van der Waals surface area (Å²) in [7, 11) is 1.83. The van der Waals surface area contributed by atoms with Gasteiger partial charge in [-0.25, -0.2) is 4.79 Å². The Labute approximate surface area is 137 Å². The standard InChI is InChI=1S/C17H27N3O3/c1-12-9-10-15(23-12)11-20(3)13(2)16(21)19-17(22)18-14-7-5-4-6-8-14/h9-10,13-14H,4-8,11H2,1-3H3,(H2,18,19,21,22).